The number of rotatable bonds is 5. The molecule has 5 rings (SSSR count). The summed E-state index contributed by atoms with van der Waals surface area (Å²) < 4.78 is 0. The number of anilines is 1. The lowest BCUT2D eigenvalue weighted by molar-refractivity contribution is -0.121. The molecule has 2 aliphatic rings. The molecule has 1 amide bonds. The molecule has 1 aliphatic heterocycles. The third kappa shape index (κ3) is 5.37. The molecule has 0 radical (unpaired) electrons. The average molecular weight is 445 g/mol. The van der Waals surface area contributed by atoms with Gasteiger partial charge in [0.25, 0.3) is 0 Å². The van der Waals surface area contributed by atoms with Crippen molar-refractivity contribution >= 4 is 22.5 Å². The Balaban J connectivity index is 1.18. The number of carbonyl (C=O) groups excluding carboxylic acids is 1. The monoisotopic (exact) mass is 444 g/mol. The number of amides is 1. The Kier molecular flexibility index (Phi) is 6.60. The normalized spacial score (nSPS) is 22.3. The zero-order valence-corrected chi connectivity index (χ0v) is 19.3. The average Bonchev–Trinajstić information content (AvgIpc) is 2.86. The molecule has 2 aromatic heterocycles. The SMILES string of the molecule is CN1CCN(CC2CCC(C(=O)Nc3cc4cc(-c5cccnn5)ccc4cn3)CC2)CC1. The number of aromatic nitrogens is 3. The molecule has 1 aliphatic carbocycles. The van der Waals surface area contributed by atoms with Crippen molar-refractivity contribution in [3.8, 4) is 11.3 Å². The molecular weight excluding hydrogens is 412 g/mol. The molecule has 7 nitrogen and oxygen atoms in total. The first-order chi connectivity index (χ1) is 16.1. The van der Waals surface area contributed by atoms with E-state index in [1.54, 1.807) is 6.20 Å². The molecule has 0 bridgehead atoms. The van der Waals surface area contributed by atoms with Crippen molar-refractivity contribution < 1.29 is 4.79 Å². The number of nitrogens with one attached hydrogen (secondary N) is 1. The van der Waals surface area contributed by atoms with Crippen molar-refractivity contribution in [2.75, 3.05) is 45.1 Å². The lowest BCUT2D eigenvalue weighted by Gasteiger charge is -2.36. The zero-order valence-electron chi connectivity index (χ0n) is 19.3. The fraction of sp³-hybridized carbons (Fsp3) is 0.462. The molecule has 1 aromatic carbocycles. The van der Waals surface area contributed by atoms with Gasteiger partial charge >= 0.3 is 0 Å². The van der Waals surface area contributed by atoms with Gasteiger partial charge in [-0.1, -0.05) is 12.1 Å². The first kappa shape index (κ1) is 21.9. The predicted octanol–water partition coefficient (Wildman–Crippen LogP) is 3.68. The first-order valence-electron chi connectivity index (χ1n) is 12.0. The molecule has 3 heterocycles. The Bertz CT molecular complexity index is 1090. The molecule has 0 unspecified atom stereocenters. The third-order valence-electron chi connectivity index (χ3n) is 7.17. The number of hydrogen-bond donors (Lipinski definition) is 1. The van der Waals surface area contributed by atoms with Crippen molar-refractivity contribution in [2.24, 2.45) is 11.8 Å². The van der Waals surface area contributed by atoms with Crippen LogP contribution in [0.1, 0.15) is 25.7 Å². The minimum absolute atomic E-state index is 0.0807. The number of likely N-dealkylation sites (N-methyl/N-ethyl adjacent to an activating group) is 1. The molecule has 7 heteroatoms. The molecule has 1 N–H and O–H groups in total. The predicted molar refractivity (Wildman–Crippen MR) is 131 cm³/mol. The molecule has 1 saturated carbocycles. The maximum absolute atomic E-state index is 12.9. The van der Waals surface area contributed by atoms with Crippen LogP contribution in [0.4, 0.5) is 5.82 Å². The first-order valence-corrected chi connectivity index (χ1v) is 12.0. The lowest BCUT2D eigenvalue weighted by atomic mass is 9.81. The highest BCUT2D eigenvalue weighted by Gasteiger charge is 2.28. The van der Waals surface area contributed by atoms with Gasteiger partial charge in [0.2, 0.25) is 5.91 Å². The molecule has 2 fully saturated rings. The van der Waals surface area contributed by atoms with Crippen molar-refractivity contribution in [3.05, 3.63) is 48.8 Å². The number of piperazine rings is 1. The number of hydrogen-bond acceptors (Lipinski definition) is 6. The van der Waals surface area contributed by atoms with Crippen LogP contribution in [0.3, 0.4) is 0 Å². The van der Waals surface area contributed by atoms with Gasteiger partial charge in [-0.25, -0.2) is 4.98 Å². The summed E-state index contributed by atoms with van der Waals surface area (Å²) in [6.45, 7) is 5.85. The van der Waals surface area contributed by atoms with Crippen LogP contribution in [-0.2, 0) is 4.79 Å². The standard InChI is InChI=1S/C26H32N6O/c1-31-11-13-32(14-12-31)18-19-4-6-20(7-5-19)26(33)29-25-16-23-15-21(8-9-22(23)17-27-25)24-3-2-10-28-30-24/h2-3,8-10,15-17,19-20H,4-7,11-14,18H2,1H3,(H,27,29,33). The fourth-order valence-electron chi connectivity index (χ4n) is 5.06. The Hall–Kier alpha value is -2.90. The van der Waals surface area contributed by atoms with Gasteiger partial charge in [-0.05, 0) is 68.3 Å². The van der Waals surface area contributed by atoms with Crippen LogP contribution in [-0.4, -0.2) is 70.7 Å². The van der Waals surface area contributed by atoms with Crippen molar-refractivity contribution in [1.82, 2.24) is 25.0 Å². The van der Waals surface area contributed by atoms with Gasteiger partial charge in [0, 0.05) is 62.0 Å². The van der Waals surface area contributed by atoms with Gasteiger partial charge in [-0.2, -0.15) is 10.2 Å². The summed E-state index contributed by atoms with van der Waals surface area (Å²) in [6, 6.07) is 11.9. The van der Waals surface area contributed by atoms with E-state index in [4.69, 9.17) is 0 Å². The van der Waals surface area contributed by atoms with Gasteiger partial charge < -0.3 is 15.1 Å². The molecule has 0 atom stereocenters. The Morgan fingerprint density at radius 3 is 2.61 bits per heavy atom. The smallest absolute Gasteiger partial charge is 0.228 e. The van der Waals surface area contributed by atoms with E-state index in [1.165, 1.54) is 19.6 Å². The van der Waals surface area contributed by atoms with Crippen molar-refractivity contribution in [2.45, 2.75) is 25.7 Å². The summed E-state index contributed by atoms with van der Waals surface area (Å²) >= 11 is 0. The third-order valence-corrected chi connectivity index (χ3v) is 7.17. The summed E-state index contributed by atoms with van der Waals surface area (Å²) in [7, 11) is 2.20. The van der Waals surface area contributed by atoms with Crippen molar-refractivity contribution in [3.63, 3.8) is 0 Å². The van der Waals surface area contributed by atoms with Crippen LogP contribution in [0.25, 0.3) is 22.0 Å². The summed E-state index contributed by atoms with van der Waals surface area (Å²) in [6.07, 6.45) is 7.69. The van der Waals surface area contributed by atoms with Crippen molar-refractivity contribution in [1.29, 1.82) is 0 Å². The van der Waals surface area contributed by atoms with Crippen LogP contribution in [0.2, 0.25) is 0 Å². The van der Waals surface area contributed by atoms with Crippen LogP contribution in [0, 0.1) is 11.8 Å². The van der Waals surface area contributed by atoms with Crippen LogP contribution in [0.5, 0.6) is 0 Å². The van der Waals surface area contributed by atoms with Gasteiger partial charge in [0.15, 0.2) is 0 Å². The minimum atomic E-state index is 0.0807. The Labute approximate surface area is 195 Å². The highest BCUT2D eigenvalue weighted by atomic mass is 16.1. The Morgan fingerprint density at radius 1 is 1.03 bits per heavy atom. The topological polar surface area (TPSA) is 74.2 Å². The van der Waals surface area contributed by atoms with E-state index in [0.29, 0.717) is 5.82 Å². The maximum Gasteiger partial charge on any atom is 0.228 e. The summed E-state index contributed by atoms with van der Waals surface area (Å²) in [5.74, 6) is 1.52. The molecule has 172 valence electrons. The summed E-state index contributed by atoms with van der Waals surface area (Å²) in [5, 5.41) is 13.3. The van der Waals surface area contributed by atoms with E-state index in [0.717, 1.165) is 66.7 Å². The minimum Gasteiger partial charge on any atom is -0.310 e. The molecule has 33 heavy (non-hydrogen) atoms. The number of benzene rings is 1. The molecule has 3 aromatic rings. The number of fused-ring (bicyclic) bond motifs is 1. The van der Waals surface area contributed by atoms with Gasteiger partial charge in [0.05, 0.1) is 5.69 Å². The summed E-state index contributed by atoms with van der Waals surface area (Å²) in [4.78, 5) is 22.4. The highest BCUT2D eigenvalue weighted by molar-refractivity contribution is 5.95. The lowest BCUT2D eigenvalue weighted by Crippen LogP contribution is -2.46. The maximum atomic E-state index is 12.9. The van der Waals surface area contributed by atoms with E-state index >= 15 is 0 Å². The van der Waals surface area contributed by atoms with E-state index < -0.39 is 0 Å². The molecule has 0 spiro atoms. The highest BCUT2D eigenvalue weighted by Crippen LogP contribution is 2.31. The van der Waals surface area contributed by atoms with E-state index in [-0.39, 0.29) is 11.8 Å². The molecular formula is C26H32N6O. The second kappa shape index (κ2) is 9.93. The quantitative estimate of drug-likeness (QED) is 0.647. The number of nitrogens with zero attached hydrogens (tertiary/aromatic N) is 5. The molecule has 1 saturated heterocycles. The van der Waals surface area contributed by atoms with Crippen LogP contribution in [0.15, 0.2) is 48.8 Å². The van der Waals surface area contributed by atoms with Gasteiger partial charge in [0.1, 0.15) is 5.82 Å². The van der Waals surface area contributed by atoms with Crippen LogP contribution >= 0.6 is 0 Å². The second-order valence-electron chi connectivity index (χ2n) is 9.55. The van der Waals surface area contributed by atoms with Gasteiger partial charge in [-0.3, -0.25) is 4.79 Å². The summed E-state index contributed by atoms with van der Waals surface area (Å²) in [5.41, 5.74) is 1.83. The zero-order chi connectivity index (χ0) is 22.6. The van der Waals surface area contributed by atoms with Crippen LogP contribution < -0.4 is 5.32 Å². The largest absolute Gasteiger partial charge is 0.310 e. The second-order valence-corrected chi connectivity index (χ2v) is 9.55. The van der Waals surface area contributed by atoms with E-state index in [1.807, 2.05) is 36.5 Å². The van der Waals surface area contributed by atoms with E-state index in [2.05, 4.69) is 43.4 Å². The fourth-order valence-corrected chi connectivity index (χ4v) is 5.06. The number of pyridine rings is 1. The van der Waals surface area contributed by atoms with E-state index in [9.17, 15) is 4.79 Å². The number of carbonyl (C=O) groups is 1. The Morgan fingerprint density at radius 2 is 1.85 bits per heavy atom. The van der Waals surface area contributed by atoms with Gasteiger partial charge in [-0.15, -0.1) is 0 Å².